The lowest BCUT2D eigenvalue weighted by atomic mass is 10.2. The van der Waals surface area contributed by atoms with Gasteiger partial charge in [-0.05, 0) is 24.3 Å². The summed E-state index contributed by atoms with van der Waals surface area (Å²) in [6, 6.07) is 12.1. The van der Waals surface area contributed by atoms with E-state index in [-0.39, 0.29) is 18.1 Å². The maximum absolute atomic E-state index is 12.6. The van der Waals surface area contributed by atoms with Gasteiger partial charge in [-0.25, -0.2) is 4.98 Å². The highest BCUT2D eigenvalue weighted by Gasteiger charge is 2.19. The van der Waals surface area contributed by atoms with Gasteiger partial charge in [0.05, 0.1) is 22.3 Å². The fraction of sp³-hybridized carbons (Fsp3) is 0.105. The molecule has 1 aromatic heterocycles. The first-order valence-corrected chi connectivity index (χ1v) is 10.1. The van der Waals surface area contributed by atoms with Gasteiger partial charge in [0.25, 0.3) is 5.91 Å². The molecule has 0 aliphatic carbocycles. The molecule has 3 aromatic rings. The topological polar surface area (TPSA) is 62.3 Å². The van der Waals surface area contributed by atoms with Crippen molar-refractivity contribution in [3.8, 4) is 10.6 Å². The van der Waals surface area contributed by atoms with Crippen LogP contribution in [0, 0.1) is 0 Å². The van der Waals surface area contributed by atoms with Crippen LogP contribution in [0.1, 0.15) is 10.5 Å². The first kappa shape index (κ1) is 20.6. The van der Waals surface area contributed by atoms with E-state index in [1.807, 2.05) is 12.1 Å². The van der Waals surface area contributed by atoms with Crippen molar-refractivity contribution in [1.82, 2.24) is 9.88 Å². The van der Waals surface area contributed by atoms with E-state index in [0.29, 0.717) is 25.8 Å². The lowest BCUT2D eigenvalue weighted by Gasteiger charge is -2.16. The molecule has 3 rings (SSSR count). The van der Waals surface area contributed by atoms with Crippen molar-refractivity contribution in [3.63, 3.8) is 0 Å². The molecule has 5 nitrogen and oxygen atoms in total. The zero-order valence-electron chi connectivity index (χ0n) is 14.6. The SMILES string of the molecule is CN(CC(=O)Nc1c(Cl)cccc1Cl)C(=O)c1csc(-c2ccc(Cl)cc2)n1. The van der Waals surface area contributed by atoms with Crippen LogP contribution in [0.15, 0.2) is 47.8 Å². The molecular weight excluding hydrogens is 441 g/mol. The predicted molar refractivity (Wildman–Crippen MR) is 115 cm³/mol. The maximum atomic E-state index is 12.6. The van der Waals surface area contributed by atoms with Crippen LogP contribution in [0.25, 0.3) is 10.6 Å². The summed E-state index contributed by atoms with van der Waals surface area (Å²) in [4.78, 5) is 30.5. The van der Waals surface area contributed by atoms with Gasteiger partial charge in [0.15, 0.2) is 0 Å². The van der Waals surface area contributed by atoms with Crippen LogP contribution >= 0.6 is 46.1 Å². The van der Waals surface area contributed by atoms with Crippen molar-refractivity contribution in [2.75, 3.05) is 18.9 Å². The smallest absolute Gasteiger partial charge is 0.273 e. The number of likely N-dealkylation sites (N-methyl/N-ethyl adjacent to an activating group) is 1. The first-order valence-electron chi connectivity index (χ1n) is 8.06. The first-order chi connectivity index (χ1) is 13.3. The predicted octanol–water partition coefficient (Wildman–Crippen LogP) is 5.48. The molecule has 28 heavy (non-hydrogen) atoms. The Morgan fingerprint density at radius 2 is 1.71 bits per heavy atom. The molecule has 0 aliphatic rings. The molecule has 0 bridgehead atoms. The van der Waals surface area contributed by atoms with Gasteiger partial charge in [0, 0.05) is 23.0 Å². The molecule has 2 aromatic carbocycles. The zero-order valence-corrected chi connectivity index (χ0v) is 17.7. The van der Waals surface area contributed by atoms with Gasteiger partial charge < -0.3 is 10.2 Å². The van der Waals surface area contributed by atoms with E-state index < -0.39 is 5.91 Å². The van der Waals surface area contributed by atoms with Crippen LogP contribution < -0.4 is 5.32 Å². The Morgan fingerprint density at radius 3 is 2.36 bits per heavy atom. The van der Waals surface area contributed by atoms with E-state index >= 15 is 0 Å². The number of anilines is 1. The third kappa shape index (κ3) is 4.83. The summed E-state index contributed by atoms with van der Waals surface area (Å²) in [7, 11) is 1.53. The molecule has 0 radical (unpaired) electrons. The number of rotatable bonds is 5. The fourth-order valence-corrected chi connectivity index (χ4v) is 3.79. The molecule has 0 spiro atoms. The van der Waals surface area contributed by atoms with E-state index in [4.69, 9.17) is 34.8 Å². The molecule has 2 amide bonds. The van der Waals surface area contributed by atoms with E-state index in [2.05, 4.69) is 10.3 Å². The standard InChI is InChI=1S/C19H14Cl3N3O2S/c1-25(9-16(26)24-17-13(21)3-2-4-14(17)22)19(27)15-10-28-18(23-15)11-5-7-12(20)8-6-11/h2-8,10H,9H2,1H3,(H,24,26). The quantitative estimate of drug-likeness (QED) is 0.555. The number of carbonyl (C=O) groups is 2. The number of amides is 2. The van der Waals surface area contributed by atoms with E-state index in [0.717, 1.165) is 5.56 Å². The van der Waals surface area contributed by atoms with E-state index in [1.54, 1.807) is 35.7 Å². The minimum atomic E-state index is -0.418. The van der Waals surface area contributed by atoms with Crippen LogP contribution in [-0.4, -0.2) is 35.3 Å². The van der Waals surface area contributed by atoms with Crippen LogP contribution in [0.5, 0.6) is 0 Å². The van der Waals surface area contributed by atoms with Crippen molar-refractivity contribution in [1.29, 1.82) is 0 Å². The van der Waals surface area contributed by atoms with Gasteiger partial charge in [0.2, 0.25) is 5.91 Å². The van der Waals surface area contributed by atoms with Gasteiger partial charge >= 0.3 is 0 Å². The van der Waals surface area contributed by atoms with Crippen molar-refractivity contribution in [2.45, 2.75) is 0 Å². The summed E-state index contributed by atoms with van der Waals surface area (Å²) in [5, 5.41) is 6.25. The molecule has 1 N–H and O–H groups in total. The van der Waals surface area contributed by atoms with Gasteiger partial charge in [-0.2, -0.15) is 0 Å². The Labute approximate surface area is 180 Å². The number of aromatic nitrogens is 1. The van der Waals surface area contributed by atoms with Crippen molar-refractivity contribution in [3.05, 3.63) is 68.6 Å². The Hall–Kier alpha value is -2.12. The van der Waals surface area contributed by atoms with E-state index in [1.165, 1.54) is 23.3 Å². The number of hydrogen-bond donors (Lipinski definition) is 1. The lowest BCUT2D eigenvalue weighted by Crippen LogP contribution is -2.35. The second-order valence-corrected chi connectivity index (χ2v) is 7.96. The van der Waals surface area contributed by atoms with Crippen molar-refractivity contribution >= 4 is 63.6 Å². The Morgan fingerprint density at radius 1 is 1.07 bits per heavy atom. The molecule has 144 valence electrons. The van der Waals surface area contributed by atoms with Gasteiger partial charge in [-0.3, -0.25) is 9.59 Å². The van der Waals surface area contributed by atoms with Crippen molar-refractivity contribution in [2.24, 2.45) is 0 Å². The van der Waals surface area contributed by atoms with Gasteiger partial charge in [-0.15, -0.1) is 11.3 Å². The molecule has 0 atom stereocenters. The summed E-state index contributed by atoms with van der Waals surface area (Å²) in [6.45, 7) is -0.172. The highest BCUT2D eigenvalue weighted by atomic mass is 35.5. The van der Waals surface area contributed by atoms with Crippen LogP contribution in [0.2, 0.25) is 15.1 Å². The number of hydrogen-bond acceptors (Lipinski definition) is 4. The van der Waals surface area contributed by atoms with Gasteiger partial charge in [-0.1, -0.05) is 53.0 Å². The molecule has 0 fully saturated rings. The largest absolute Gasteiger partial charge is 0.331 e. The molecule has 0 saturated heterocycles. The normalized spacial score (nSPS) is 10.6. The summed E-state index contributed by atoms with van der Waals surface area (Å²) in [5.41, 5.74) is 1.44. The second-order valence-electron chi connectivity index (χ2n) is 5.85. The van der Waals surface area contributed by atoms with Crippen molar-refractivity contribution < 1.29 is 9.59 Å². The summed E-state index contributed by atoms with van der Waals surface area (Å²) < 4.78 is 0. The number of benzene rings is 2. The van der Waals surface area contributed by atoms with E-state index in [9.17, 15) is 9.59 Å². The molecule has 0 aliphatic heterocycles. The second kappa shape index (κ2) is 8.92. The highest BCUT2D eigenvalue weighted by Crippen LogP contribution is 2.30. The molecule has 9 heteroatoms. The van der Waals surface area contributed by atoms with Crippen LogP contribution in [0.4, 0.5) is 5.69 Å². The Bertz CT molecular complexity index is 1000. The number of thiazole rings is 1. The Kier molecular flexibility index (Phi) is 6.57. The van der Waals surface area contributed by atoms with Crippen LogP contribution in [0.3, 0.4) is 0 Å². The monoisotopic (exact) mass is 453 g/mol. The average Bonchev–Trinajstić information content (AvgIpc) is 3.15. The number of nitrogens with zero attached hydrogens (tertiary/aromatic N) is 2. The third-order valence-corrected chi connectivity index (χ3v) is 5.54. The lowest BCUT2D eigenvalue weighted by molar-refractivity contribution is -0.116. The minimum Gasteiger partial charge on any atom is -0.331 e. The Balaban J connectivity index is 1.66. The summed E-state index contributed by atoms with van der Waals surface area (Å²) in [5.74, 6) is -0.782. The summed E-state index contributed by atoms with van der Waals surface area (Å²) in [6.07, 6.45) is 0. The highest BCUT2D eigenvalue weighted by molar-refractivity contribution is 7.13. The minimum absolute atomic E-state index is 0.172. The molecule has 0 unspecified atom stereocenters. The van der Waals surface area contributed by atoms with Crippen LogP contribution in [-0.2, 0) is 4.79 Å². The number of halogens is 3. The molecule has 0 saturated carbocycles. The number of para-hydroxylation sites is 1. The van der Waals surface area contributed by atoms with Gasteiger partial charge in [0.1, 0.15) is 10.7 Å². The summed E-state index contributed by atoms with van der Waals surface area (Å²) >= 11 is 19.3. The third-order valence-electron chi connectivity index (χ3n) is 3.77. The zero-order chi connectivity index (χ0) is 20.3. The molecule has 1 heterocycles. The average molecular weight is 455 g/mol. The number of carbonyl (C=O) groups excluding carboxylic acids is 2. The maximum Gasteiger partial charge on any atom is 0.273 e. The number of nitrogens with one attached hydrogen (secondary N) is 1. The molecular formula is C19H14Cl3N3O2S. The fourth-order valence-electron chi connectivity index (χ4n) is 2.38.